The number of hydrogen-bond acceptors (Lipinski definition) is 5. The molecule has 0 bridgehead atoms. The lowest BCUT2D eigenvalue weighted by Crippen LogP contribution is -2.24. The molecule has 0 aliphatic heterocycles. The van der Waals surface area contributed by atoms with Crippen molar-refractivity contribution in [2.75, 3.05) is 5.32 Å². The minimum atomic E-state index is -0.749. The zero-order valence-corrected chi connectivity index (χ0v) is 12.9. The second-order valence-corrected chi connectivity index (χ2v) is 5.07. The van der Waals surface area contributed by atoms with Crippen LogP contribution in [0.4, 0.5) is 20.3 Å². The van der Waals surface area contributed by atoms with Gasteiger partial charge in [0.2, 0.25) is 0 Å². The molecule has 0 aliphatic carbocycles. The fourth-order valence-corrected chi connectivity index (χ4v) is 2.01. The zero-order chi connectivity index (χ0) is 17.6. The van der Waals surface area contributed by atoms with Gasteiger partial charge in [0.15, 0.2) is 0 Å². The van der Waals surface area contributed by atoms with E-state index in [2.05, 4.69) is 25.6 Å². The van der Waals surface area contributed by atoms with Crippen molar-refractivity contribution in [3.8, 4) is 0 Å². The highest BCUT2D eigenvalue weighted by atomic mass is 19.1. The van der Waals surface area contributed by atoms with Gasteiger partial charge in [0, 0.05) is 25.0 Å². The highest BCUT2D eigenvalue weighted by Crippen LogP contribution is 2.18. The van der Waals surface area contributed by atoms with Crippen molar-refractivity contribution < 1.29 is 13.6 Å². The number of nitrogens with one attached hydrogen (secondary N) is 2. The molecule has 0 aliphatic rings. The summed E-state index contributed by atoms with van der Waals surface area (Å²) in [5, 5.41) is 5.38. The summed E-state index contributed by atoms with van der Waals surface area (Å²) in [7, 11) is 0. The minimum Gasteiger partial charge on any atom is -0.347 e. The maximum absolute atomic E-state index is 13.6. The van der Waals surface area contributed by atoms with Crippen molar-refractivity contribution in [3.05, 3.63) is 78.0 Å². The Morgan fingerprint density at radius 3 is 2.52 bits per heavy atom. The van der Waals surface area contributed by atoms with Crippen molar-refractivity contribution in [1.29, 1.82) is 0 Å². The molecule has 1 amide bonds. The number of rotatable bonds is 5. The molecule has 0 unspecified atom stereocenters. The van der Waals surface area contributed by atoms with Crippen LogP contribution in [0.1, 0.15) is 16.1 Å². The molecule has 0 radical (unpaired) electrons. The molecule has 0 saturated carbocycles. The van der Waals surface area contributed by atoms with Gasteiger partial charge < -0.3 is 10.6 Å². The normalized spacial score (nSPS) is 10.3. The molecule has 0 spiro atoms. The van der Waals surface area contributed by atoms with Gasteiger partial charge in [-0.15, -0.1) is 0 Å². The topological polar surface area (TPSA) is 79.8 Å². The number of hydrogen-bond donors (Lipinski definition) is 2. The standard InChI is InChI=1S/C17H13F2N5O/c18-12-1-2-14(13(19)7-12)24-16-10-21-15(9-22-16)17(25)23-8-11-3-5-20-6-4-11/h1-7,9-10H,8H2,(H,22,24)(H,23,25). The number of pyridine rings is 1. The quantitative estimate of drug-likeness (QED) is 0.746. The van der Waals surface area contributed by atoms with Crippen molar-refractivity contribution in [2.45, 2.75) is 6.54 Å². The van der Waals surface area contributed by atoms with E-state index in [0.29, 0.717) is 6.54 Å². The van der Waals surface area contributed by atoms with Crippen LogP contribution >= 0.6 is 0 Å². The number of nitrogens with zero attached hydrogens (tertiary/aromatic N) is 3. The summed E-state index contributed by atoms with van der Waals surface area (Å²) in [6.07, 6.45) is 5.84. The average molecular weight is 341 g/mol. The Kier molecular flexibility index (Phi) is 4.89. The molecule has 0 fully saturated rings. The van der Waals surface area contributed by atoms with E-state index in [1.807, 2.05) is 0 Å². The molecule has 0 saturated heterocycles. The third-order valence-electron chi connectivity index (χ3n) is 3.28. The number of carbonyl (C=O) groups is 1. The molecule has 2 aromatic heterocycles. The van der Waals surface area contributed by atoms with Gasteiger partial charge in [-0.2, -0.15) is 0 Å². The number of anilines is 2. The van der Waals surface area contributed by atoms with Crippen molar-refractivity contribution in [3.63, 3.8) is 0 Å². The molecule has 3 rings (SSSR count). The van der Waals surface area contributed by atoms with Crippen molar-refractivity contribution >= 4 is 17.4 Å². The van der Waals surface area contributed by atoms with Crippen LogP contribution in [-0.4, -0.2) is 20.9 Å². The van der Waals surface area contributed by atoms with E-state index in [1.54, 1.807) is 24.5 Å². The number of aromatic nitrogens is 3. The number of halogens is 2. The van der Waals surface area contributed by atoms with E-state index in [9.17, 15) is 13.6 Å². The summed E-state index contributed by atoms with van der Waals surface area (Å²) < 4.78 is 26.5. The molecule has 6 nitrogen and oxygen atoms in total. The Bertz CT molecular complexity index is 872. The van der Waals surface area contributed by atoms with Gasteiger partial charge in [-0.1, -0.05) is 0 Å². The molecular formula is C17H13F2N5O. The van der Waals surface area contributed by atoms with Gasteiger partial charge in [-0.3, -0.25) is 9.78 Å². The van der Waals surface area contributed by atoms with E-state index in [-0.39, 0.29) is 23.1 Å². The summed E-state index contributed by atoms with van der Waals surface area (Å²) in [6.45, 7) is 0.337. The second kappa shape index (κ2) is 7.43. The lowest BCUT2D eigenvalue weighted by atomic mass is 10.2. The predicted molar refractivity (Wildman–Crippen MR) is 87.1 cm³/mol. The molecular weight excluding hydrogens is 328 g/mol. The van der Waals surface area contributed by atoms with Crippen LogP contribution in [0.5, 0.6) is 0 Å². The van der Waals surface area contributed by atoms with E-state index in [1.165, 1.54) is 18.5 Å². The fourth-order valence-electron chi connectivity index (χ4n) is 2.01. The summed E-state index contributed by atoms with van der Waals surface area (Å²) in [6, 6.07) is 6.71. The molecule has 3 aromatic rings. The fraction of sp³-hybridized carbons (Fsp3) is 0.0588. The first-order chi connectivity index (χ1) is 12.1. The van der Waals surface area contributed by atoms with E-state index >= 15 is 0 Å². The molecule has 0 atom stereocenters. The number of amides is 1. The third-order valence-corrected chi connectivity index (χ3v) is 3.28. The summed E-state index contributed by atoms with van der Waals surface area (Å²) >= 11 is 0. The molecule has 8 heteroatoms. The molecule has 2 heterocycles. The Hall–Kier alpha value is -3.42. The monoisotopic (exact) mass is 341 g/mol. The van der Waals surface area contributed by atoms with Crippen LogP contribution in [0, 0.1) is 11.6 Å². The lowest BCUT2D eigenvalue weighted by molar-refractivity contribution is 0.0945. The van der Waals surface area contributed by atoms with Gasteiger partial charge in [-0.25, -0.2) is 18.7 Å². The Balaban J connectivity index is 1.62. The Labute approximate surface area is 142 Å². The van der Waals surface area contributed by atoms with E-state index < -0.39 is 11.6 Å². The third kappa shape index (κ3) is 4.31. The Morgan fingerprint density at radius 1 is 1.04 bits per heavy atom. The molecule has 2 N–H and O–H groups in total. The maximum atomic E-state index is 13.6. The lowest BCUT2D eigenvalue weighted by Gasteiger charge is -2.08. The van der Waals surface area contributed by atoms with Crippen molar-refractivity contribution in [1.82, 2.24) is 20.3 Å². The first-order valence-corrected chi connectivity index (χ1v) is 7.33. The van der Waals surface area contributed by atoms with Gasteiger partial charge in [0.1, 0.15) is 23.1 Å². The summed E-state index contributed by atoms with van der Waals surface area (Å²) in [5.74, 6) is -1.57. The van der Waals surface area contributed by atoms with Gasteiger partial charge >= 0.3 is 0 Å². The number of benzene rings is 1. The Morgan fingerprint density at radius 2 is 1.84 bits per heavy atom. The predicted octanol–water partition coefficient (Wildman–Crippen LogP) is 2.82. The molecule has 1 aromatic carbocycles. The molecule has 126 valence electrons. The van der Waals surface area contributed by atoms with Crippen LogP contribution in [0.25, 0.3) is 0 Å². The SMILES string of the molecule is O=C(NCc1ccncc1)c1cnc(Nc2ccc(F)cc2F)cn1. The second-order valence-electron chi connectivity index (χ2n) is 5.07. The van der Waals surface area contributed by atoms with Crippen LogP contribution in [-0.2, 0) is 6.54 Å². The van der Waals surface area contributed by atoms with Crippen molar-refractivity contribution in [2.24, 2.45) is 0 Å². The van der Waals surface area contributed by atoms with Crippen LogP contribution in [0.3, 0.4) is 0 Å². The number of carbonyl (C=O) groups excluding carboxylic acids is 1. The van der Waals surface area contributed by atoms with Crippen LogP contribution < -0.4 is 10.6 Å². The van der Waals surface area contributed by atoms with Crippen LogP contribution in [0.15, 0.2) is 55.1 Å². The highest BCUT2D eigenvalue weighted by Gasteiger charge is 2.09. The zero-order valence-electron chi connectivity index (χ0n) is 12.9. The average Bonchev–Trinajstić information content (AvgIpc) is 2.63. The van der Waals surface area contributed by atoms with E-state index in [0.717, 1.165) is 17.7 Å². The van der Waals surface area contributed by atoms with E-state index in [4.69, 9.17) is 0 Å². The van der Waals surface area contributed by atoms with Crippen LogP contribution in [0.2, 0.25) is 0 Å². The largest absolute Gasteiger partial charge is 0.347 e. The van der Waals surface area contributed by atoms with Gasteiger partial charge in [0.05, 0.1) is 18.1 Å². The summed E-state index contributed by atoms with van der Waals surface area (Å²) in [4.78, 5) is 23.9. The summed E-state index contributed by atoms with van der Waals surface area (Å²) in [5.41, 5.74) is 1.09. The first kappa shape index (κ1) is 16.4. The first-order valence-electron chi connectivity index (χ1n) is 7.33. The minimum absolute atomic E-state index is 0.0607. The van der Waals surface area contributed by atoms with Gasteiger partial charge in [-0.05, 0) is 29.8 Å². The highest BCUT2D eigenvalue weighted by molar-refractivity contribution is 5.92. The maximum Gasteiger partial charge on any atom is 0.271 e. The molecule has 25 heavy (non-hydrogen) atoms. The van der Waals surface area contributed by atoms with Gasteiger partial charge in [0.25, 0.3) is 5.91 Å². The smallest absolute Gasteiger partial charge is 0.271 e.